The summed E-state index contributed by atoms with van der Waals surface area (Å²) < 4.78 is 12.9. The second-order valence-corrected chi connectivity index (χ2v) is 9.48. The molecular weight excluding hydrogens is 498 g/mol. The molecule has 1 heterocycles. The monoisotopic (exact) mass is 529 g/mol. The van der Waals surface area contributed by atoms with Crippen molar-refractivity contribution in [3.8, 4) is 5.75 Å². The van der Waals surface area contributed by atoms with Gasteiger partial charge in [0.2, 0.25) is 5.90 Å². The van der Waals surface area contributed by atoms with E-state index in [0.29, 0.717) is 43.6 Å². The van der Waals surface area contributed by atoms with Gasteiger partial charge in [-0.05, 0) is 47.9 Å². The Bertz CT molecular complexity index is 992. The van der Waals surface area contributed by atoms with E-state index < -0.39 is 11.6 Å². The minimum absolute atomic E-state index is 0.0830. The number of hydrogen-bond donors (Lipinski definition) is 3. The van der Waals surface area contributed by atoms with Crippen molar-refractivity contribution < 1.29 is 19.4 Å². The van der Waals surface area contributed by atoms with E-state index in [0.717, 1.165) is 15.6 Å². The van der Waals surface area contributed by atoms with E-state index in [1.165, 1.54) is 0 Å². The third-order valence-electron chi connectivity index (χ3n) is 5.37. The topological polar surface area (TPSA) is 92.2 Å². The van der Waals surface area contributed by atoms with Crippen LogP contribution in [0.2, 0.25) is 0 Å². The lowest BCUT2D eigenvalue weighted by Crippen LogP contribution is -2.53. The van der Waals surface area contributed by atoms with E-state index >= 15 is 0 Å². The molecule has 1 amide bonds. The number of hydrazine groups is 1. The Kier molecular flexibility index (Phi) is 9.27. The van der Waals surface area contributed by atoms with Crippen molar-refractivity contribution in [1.29, 1.82) is 0 Å². The number of carbonyl (C=O) groups excluding carboxylic acids is 1. The number of halogens is 1. The highest BCUT2D eigenvalue weighted by atomic mass is 79.9. The van der Waals surface area contributed by atoms with Gasteiger partial charge in [0.15, 0.2) is 11.6 Å². The summed E-state index contributed by atoms with van der Waals surface area (Å²) in [6.45, 7) is 9.16. The zero-order valence-corrected chi connectivity index (χ0v) is 21.2. The zero-order chi connectivity index (χ0) is 24.6. The maximum absolute atomic E-state index is 13.5. The van der Waals surface area contributed by atoms with E-state index in [-0.39, 0.29) is 12.5 Å². The molecule has 0 aliphatic carbocycles. The van der Waals surface area contributed by atoms with Crippen molar-refractivity contribution in [1.82, 2.24) is 10.9 Å². The summed E-state index contributed by atoms with van der Waals surface area (Å²) in [6.07, 6.45) is 1.93. The highest BCUT2D eigenvalue weighted by Crippen LogP contribution is 2.42. The molecule has 2 atom stereocenters. The zero-order valence-electron chi connectivity index (χ0n) is 19.6. The van der Waals surface area contributed by atoms with Crippen molar-refractivity contribution >= 4 is 27.7 Å². The van der Waals surface area contributed by atoms with Crippen LogP contribution in [-0.2, 0) is 9.53 Å². The summed E-state index contributed by atoms with van der Waals surface area (Å²) in [7, 11) is 0. The lowest BCUT2D eigenvalue weighted by molar-refractivity contribution is -0.129. The Morgan fingerprint density at radius 1 is 1.26 bits per heavy atom. The smallest absolute Gasteiger partial charge is 0.266 e. The highest BCUT2D eigenvalue weighted by Gasteiger charge is 2.52. The fourth-order valence-electron chi connectivity index (χ4n) is 3.62. The molecule has 0 bridgehead atoms. The number of nitrogens with zero attached hydrogens (tertiary/aromatic N) is 1. The van der Waals surface area contributed by atoms with Gasteiger partial charge < -0.3 is 14.6 Å². The fraction of sp³-hybridized carbons (Fsp3) is 0.385. The van der Waals surface area contributed by atoms with Crippen LogP contribution in [0, 0.1) is 5.92 Å². The normalized spacial score (nSPS) is 19.4. The van der Waals surface area contributed by atoms with Crippen molar-refractivity contribution in [2.75, 3.05) is 19.8 Å². The number of aliphatic hydroxyl groups is 1. The van der Waals surface area contributed by atoms with Crippen LogP contribution in [0.3, 0.4) is 0 Å². The summed E-state index contributed by atoms with van der Waals surface area (Å²) in [6, 6.07) is 15.0. The molecule has 1 aliphatic heterocycles. The van der Waals surface area contributed by atoms with Crippen molar-refractivity contribution in [3.05, 3.63) is 76.8 Å². The average molecular weight is 530 g/mol. The number of rotatable bonds is 12. The van der Waals surface area contributed by atoms with E-state index in [4.69, 9.17) is 19.6 Å². The number of benzene rings is 2. The largest absolute Gasteiger partial charge is 0.494 e. The molecular formula is C26H32BrN3O4. The third-order valence-corrected chi connectivity index (χ3v) is 5.90. The Hall–Kier alpha value is -2.68. The second kappa shape index (κ2) is 12.1. The van der Waals surface area contributed by atoms with E-state index in [1.54, 1.807) is 6.08 Å². The van der Waals surface area contributed by atoms with Gasteiger partial charge in [-0.15, -0.1) is 6.58 Å². The van der Waals surface area contributed by atoms with Gasteiger partial charge in [0, 0.05) is 36.0 Å². The van der Waals surface area contributed by atoms with Gasteiger partial charge >= 0.3 is 0 Å². The number of aliphatic hydroxyl groups excluding tert-OH is 1. The molecule has 7 nitrogen and oxygen atoms in total. The number of ether oxygens (including phenoxy) is 2. The van der Waals surface area contributed by atoms with Gasteiger partial charge in [-0.25, -0.2) is 10.4 Å². The first-order chi connectivity index (χ1) is 16.4. The molecule has 0 saturated carbocycles. The van der Waals surface area contributed by atoms with Gasteiger partial charge in [0.1, 0.15) is 5.75 Å². The Labute approximate surface area is 209 Å². The predicted molar refractivity (Wildman–Crippen MR) is 137 cm³/mol. The quantitative estimate of drug-likeness (QED) is 0.216. The summed E-state index contributed by atoms with van der Waals surface area (Å²) in [4.78, 5) is 18.4. The summed E-state index contributed by atoms with van der Waals surface area (Å²) in [5.74, 6) is 1.17. The summed E-state index contributed by atoms with van der Waals surface area (Å²) in [5.41, 5.74) is 6.20. The number of aliphatic imine (C=N–C) groups is 1. The van der Waals surface area contributed by atoms with E-state index in [9.17, 15) is 4.79 Å². The highest BCUT2D eigenvalue weighted by molar-refractivity contribution is 9.10. The van der Waals surface area contributed by atoms with Crippen LogP contribution in [0.25, 0.3) is 0 Å². The second-order valence-electron chi connectivity index (χ2n) is 8.56. The van der Waals surface area contributed by atoms with Crippen LogP contribution in [0.1, 0.15) is 43.9 Å². The molecule has 1 aliphatic rings. The molecule has 0 fully saturated rings. The van der Waals surface area contributed by atoms with Crippen LogP contribution < -0.4 is 15.6 Å². The summed E-state index contributed by atoms with van der Waals surface area (Å²) >= 11 is 3.47. The molecule has 0 radical (unpaired) electrons. The van der Waals surface area contributed by atoms with E-state index in [2.05, 4.69) is 47.2 Å². The number of nitrogens with one attached hydrogen (secondary N) is 2. The van der Waals surface area contributed by atoms with Crippen LogP contribution in [0.5, 0.6) is 5.75 Å². The molecule has 182 valence electrons. The van der Waals surface area contributed by atoms with Crippen LogP contribution in [-0.4, -0.2) is 42.2 Å². The van der Waals surface area contributed by atoms with E-state index in [1.807, 2.05) is 48.5 Å². The van der Waals surface area contributed by atoms with Crippen molar-refractivity contribution in [3.63, 3.8) is 0 Å². The molecule has 0 unspecified atom stereocenters. The Balaban J connectivity index is 1.94. The lowest BCUT2D eigenvalue weighted by Gasteiger charge is -2.29. The molecule has 0 saturated heterocycles. The van der Waals surface area contributed by atoms with Crippen LogP contribution >= 0.6 is 15.9 Å². The number of amides is 1. The molecule has 8 heteroatoms. The molecule has 34 heavy (non-hydrogen) atoms. The van der Waals surface area contributed by atoms with Crippen LogP contribution in [0.15, 0.2) is 70.7 Å². The van der Waals surface area contributed by atoms with Gasteiger partial charge in [0.05, 0.1) is 6.61 Å². The SMILES string of the molecule is C=CC[C@]1(C(=O)NNCC(C)C)N=C(c2ccc(OCCCO)cc2)O[C@H]1c1ccc(Br)cc1. The minimum atomic E-state index is -1.22. The first-order valence-corrected chi connectivity index (χ1v) is 12.2. The lowest BCUT2D eigenvalue weighted by atomic mass is 9.84. The maximum Gasteiger partial charge on any atom is 0.266 e. The fourth-order valence-corrected chi connectivity index (χ4v) is 3.88. The number of carbonyl (C=O) groups is 1. The first-order valence-electron chi connectivity index (χ1n) is 11.4. The minimum Gasteiger partial charge on any atom is -0.494 e. The average Bonchev–Trinajstić information content (AvgIpc) is 3.21. The van der Waals surface area contributed by atoms with Gasteiger partial charge in [0.25, 0.3) is 5.91 Å². The number of hydrogen-bond acceptors (Lipinski definition) is 6. The standard InChI is InChI=1S/C26H32BrN3O4/c1-4-14-26(25(32)30-28-17-18(2)3)23(19-6-10-21(27)11-7-19)34-24(29-26)20-8-12-22(13-9-20)33-16-5-15-31/h4,6-13,18,23,28,31H,1,5,14-17H2,2-3H3,(H,30,32)/t23-,26-/m0/s1. The third kappa shape index (κ3) is 6.25. The molecule has 3 rings (SSSR count). The Morgan fingerprint density at radius 3 is 2.59 bits per heavy atom. The molecule has 3 N–H and O–H groups in total. The van der Waals surface area contributed by atoms with Crippen LogP contribution in [0.4, 0.5) is 0 Å². The molecule has 0 aromatic heterocycles. The Morgan fingerprint density at radius 2 is 1.97 bits per heavy atom. The molecule has 2 aromatic carbocycles. The van der Waals surface area contributed by atoms with Gasteiger partial charge in [-0.1, -0.05) is 48.0 Å². The van der Waals surface area contributed by atoms with Crippen molar-refractivity contribution in [2.24, 2.45) is 10.9 Å². The first kappa shape index (κ1) is 25.9. The van der Waals surface area contributed by atoms with Gasteiger partial charge in [-0.3, -0.25) is 10.2 Å². The summed E-state index contributed by atoms with van der Waals surface area (Å²) in [5, 5.41) is 8.93. The predicted octanol–water partition coefficient (Wildman–Crippen LogP) is 4.32. The van der Waals surface area contributed by atoms with Crippen molar-refractivity contribution in [2.45, 2.75) is 38.3 Å². The molecule has 2 aromatic rings. The van der Waals surface area contributed by atoms with Gasteiger partial charge in [-0.2, -0.15) is 0 Å². The molecule has 0 spiro atoms. The maximum atomic E-state index is 13.5.